The maximum Gasteiger partial charge on any atom is 0.331 e. The third kappa shape index (κ3) is 6.66. The summed E-state index contributed by atoms with van der Waals surface area (Å²) in [6.07, 6.45) is 0.485. The normalized spacial score (nSPS) is 11.4. The van der Waals surface area contributed by atoms with Crippen LogP contribution in [0.25, 0.3) is 0 Å². The van der Waals surface area contributed by atoms with Crippen LogP contribution in [0.15, 0.2) is 0 Å². The van der Waals surface area contributed by atoms with Gasteiger partial charge in [0.25, 0.3) is 0 Å². The van der Waals surface area contributed by atoms with Crippen molar-refractivity contribution in [3.8, 4) is 0 Å². The van der Waals surface area contributed by atoms with Gasteiger partial charge in [0.2, 0.25) is 0 Å². The molecule has 0 aromatic carbocycles. The molecule has 0 aromatic heterocycles. The van der Waals surface area contributed by atoms with Crippen LogP contribution in [0.5, 0.6) is 0 Å². The van der Waals surface area contributed by atoms with Crippen molar-refractivity contribution in [1.82, 2.24) is 0 Å². The van der Waals surface area contributed by atoms with Gasteiger partial charge < -0.3 is 13.8 Å². The van der Waals surface area contributed by atoms with E-state index in [9.17, 15) is 4.57 Å². The second kappa shape index (κ2) is 7.85. The van der Waals surface area contributed by atoms with Crippen LogP contribution in [-0.2, 0) is 18.3 Å². The Labute approximate surface area is 91.1 Å². The lowest BCUT2D eigenvalue weighted by atomic mass is 10.5. The zero-order valence-electron chi connectivity index (χ0n) is 9.62. The fraction of sp³-hybridized carbons (Fsp3) is 0.889. The van der Waals surface area contributed by atoms with Crippen molar-refractivity contribution in [2.75, 3.05) is 26.0 Å². The Morgan fingerprint density at radius 3 is 2.07 bits per heavy atom. The summed E-state index contributed by atoms with van der Waals surface area (Å²) in [7, 11) is -3.02. The molecular weight excluding hydrogens is 217 g/mol. The molecule has 0 aliphatic heterocycles. The Morgan fingerprint density at radius 1 is 1.13 bits per heavy atom. The predicted molar refractivity (Wildman–Crippen MR) is 59.7 cm³/mol. The number of hydrogen-bond donors (Lipinski definition) is 1. The second-order valence-corrected chi connectivity index (χ2v) is 4.96. The summed E-state index contributed by atoms with van der Waals surface area (Å²) in [4.78, 5) is 0. The van der Waals surface area contributed by atoms with Crippen LogP contribution >= 0.6 is 7.60 Å². The molecule has 0 unspecified atom stereocenters. The lowest BCUT2D eigenvalue weighted by Gasteiger charge is -2.16. The summed E-state index contributed by atoms with van der Waals surface area (Å²) in [6, 6.07) is 0. The van der Waals surface area contributed by atoms with E-state index >= 15 is 0 Å². The van der Waals surface area contributed by atoms with E-state index in [1.54, 1.807) is 20.8 Å². The maximum absolute atomic E-state index is 11.9. The van der Waals surface area contributed by atoms with E-state index in [0.29, 0.717) is 19.8 Å². The molecule has 90 valence electrons. The number of nitrogens with one attached hydrogen (secondary N) is 1. The largest absolute Gasteiger partial charge is 0.481 e. The van der Waals surface area contributed by atoms with Gasteiger partial charge in [-0.15, -0.1) is 0 Å². The van der Waals surface area contributed by atoms with Crippen LogP contribution in [-0.4, -0.2) is 31.9 Å². The fourth-order valence-corrected chi connectivity index (χ4v) is 2.64. The number of ether oxygens (including phenoxy) is 1. The highest BCUT2D eigenvalue weighted by Gasteiger charge is 2.23. The summed E-state index contributed by atoms with van der Waals surface area (Å²) in [6.45, 7) is 6.48. The smallest absolute Gasteiger partial charge is 0.331 e. The molecular formula is C9H20NO4P. The van der Waals surface area contributed by atoms with Crippen molar-refractivity contribution in [1.29, 1.82) is 5.41 Å². The molecule has 1 N–H and O–H groups in total. The highest BCUT2D eigenvalue weighted by Crippen LogP contribution is 2.48. The summed E-state index contributed by atoms with van der Waals surface area (Å²) in [5.41, 5.74) is 0. The molecule has 0 aliphatic rings. The summed E-state index contributed by atoms with van der Waals surface area (Å²) in [5, 5.41) is 7.38. The third-order valence-electron chi connectivity index (χ3n) is 1.58. The minimum atomic E-state index is -3.02. The molecule has 0 bridgehead atoms. The molecule has 0 amide bonds. The standard InChI is InChI=1S/C9H20NO4P/c1-4-12-9(10)7-8-15(11,13-5-2)14-6-3/h10H,4-8H2,1-3H3. The van der Waals surface area contributed by atoms with E-state index in [4.69, 9.17) is 19.2 Å². The first-order chi connectivity index (χ1) is 7.08. The van der Waals surface area contributed by atoms with E-state index in [0.717, 1.165) is 0 Å². The number of rotatable bonds is 8. The minimum Gasteiger partial charge on any atom is -0.481 e. The van der Waals surface area contributed by atoms with Crippen molar-refractivity contribution >= 4 is 13.5 Å². The molecule has 0 heterocycles. The molecule has 0 aromatic rings. The zero-order chi connectivity index (χ0) is 11.7. The zero-order valence-corrected chi connectivity index (χ0v) is 10.5. The van der Waals surface area contributed by atoms with E-state index in [1.807, 2.05) is 0 Å². The Balaban J connectivity index is 4.06. The van der Waals surface area contributed by atoms with Gasteiger partial charge in [-0.25, -0.2) is 0 Å². The van der Waals surface area contributed by atoms with Gasteiger partial charge in [0.15, 0.2) is 5.90 Å². The van der Waals surface area contributed by atoms with Gasteiger partial charge in [-0.1, -0.05) is 0 Å². The van der Waals surface area contributed by atoms with Crippen molar-refractivity contribution in [2.45, 2.75) is 27.2 Å². The molecule has 0 aliphatic carbocycles. The van der Waals surface area contributed by atoms with Gasteiger partial charge in [0.1, 0.15) is 0 Å². The lowest BCUT2D eigenvalue weighted by molar-refractivity contribution is 0.219. The van der Waals surface area contributed by atoms with Gasteiger partial charge in [-0.05, 0) is 20.8 Å². The minimum absolute atomic E-state index is 0.122. The average molecular weight is 237 g/mol. The second-order valence-electron chi connectivity index (χ2n) is 2.78. The van der Waals surface area contributed by atoms with Gasteiger partial charge in [-0.3, -0.25) is 9.97 Å². The topological polar surface area (TPSA) is 68.6 Å². The van der Waals surface area contributed by atoms with E-state index in [1.165, 1.54) is 0 Å². The molecule has 0 radical (unpaired) electrons. The first-order valence-corrected chi connectivity index (χ1v) is 6.89. The third-order valence-corrected chi connectivity index (χ3v) is 3.66. The molecule has 0 saturated heterocycles. The molecule has 0 saturated carbocycles. The quantitative estimate of drug-likeness (QED) is 0.400. The van der Waals surface area contributed by atoms with Gasteiger partial charge in [0, 0.05) is 6.42 Å². The van der Waals surface area contributed by atoms with Gasteiger partial charge in [-0.2, -0.15) is 0 Å². The summed E-state index contributed by atoms with van der Waals surface area (Å²) < 4.78 is 27.0. The van der Waals surface area contributed by atoms with Crippen molar-refractivity contribution in [2.24, 2.45) is 0 Å². The molecule has 0 spiro atoms. The van der Waals surface area contributed by atoms with Crippen LogP contribution in [0, 0.1) is 5.41 Å². The summed E-state index contributed by atoms with van der Waals surface area (Å²) in [5.74, 6) is 0.122. The lowest BCUT2D eigenvalue weighted by Crippen LogP contribution is -2.08. The molecule has 5 nitrogen and oxygen atoms in total. The Morgan fingerprint density at radius 2 is 1.67 bits per heavy atom. The van der Waals surface area contributed by atoms with Crippen LogP contribution in [0.1, 0.15) is 27.2 Å². The Bertz CT molecular complexity index is 222. The van der Waals surface area contributed by atoms with Crippen LogP contribution < -0.4 is 0 Å². The number of hydrogen-bond acceptors (Lipinski definition) is 5. The molecule has 15 heavy (non-hydrogen) atoms. The summed E-state index contributed by atoms with van der Waals surface area (Å²) >= 11 is 0. The highest BCUT2D eigenvalue weighted by molar-refractivity contribution is 7.53. The fourth-order valence-electron chi connectivity index (χ4n) is 1.04. The van der Waals surface area contributed by atoms with Gasteiger partial charge >= 0.3 is 7.60 Å². The van der Waals surface area contributed by atoms with Crippen LogP contribution in [0.2, 0.25) is 0 Å². The molecule has 0 fully saturated rings. The van der Waals surface area contributed by atoms with E-state index in [-0.39, 0.29) is 18.5 Å². The molecule has 0 rings (SSSR count). The predicted octanol–water partition coefficient (Wildman–Crippen LogP) is 2.66. The first kappa shape index (κ1) is 14.6. The Kier molecular flexibility index (Phi) is 7.65. The van der Waals surface area contributed by atoms with Gasteiger partial charge in [0.05, 0.1) is 26.0 Å². The van der Waals surface area contributed by atoms with Crippen molar-refractivity contribution in [3.63, 3.8) is 0 Å². The van der Waals surface area contributed by atoms with Crippen LogP contribution in [0.4, 0.5) is 0 Å². The Hall–Kier alpha value is -0.380. The first-order valence-electron chi connectivity index (χ1n) is 5.16. The SMILES string of the molecule is CCOC(=N)CCP(=O)(OCC)OCC. The van der Waals surface area contributed by atoms with E-state index in [2.05, 4.69) is 0 Å². The van der Waals surface area contributed by atoms with Crippen LogP contribution in [0.3, 0.4) is 0 Å². The monoisotopic (exact) mass is 237 g/mol. The maximum atomic E-state index is 11.9. The van der Waals surface area contributed by atoms with Crippen molar-refractivity contribution in [3.05, 3.63) is 0 Å². The highest BCUT2D eigenvalue weighted by atomic mass is 31.2. The van der Waals surface area contributed by atoms with Crippen molar-refractivity contribution < 1.29 is 18.3 Å². The average Bonchev–Trinajstić information content (AvgIpc) is 2.16. The molecule has 0 atom stereocenters. The molecule has 6 heteroatoms. The van der Waals surface area contributed by atoms with E-state index < -0.39 is 7.60 Å².